The van der Waals surface area contributed by atoms with Crippen molar-refractivity contribution in [2.45, 2.75) is 39.5 Å². The van der Waals surface area contributed by atoms with Gasteiger partial charge in [-0.15, -0.1) is 0 Å². The summed E-state index contributed by atoms with van der Waals surface area (Å²) in [4.78, 5) is 32.8. The first-order valence-electron chi connectivity index (χ1n) is 8.55. The van der Waals surface area contributed by atoms with Crippen LogP contribution < -0.4 is 0 Å². The Bertz CT molecular complexity index is 594. The van der Waals surface area contributed by atoms with Crippen molar-refractivity contribution < 1.29 is 9.59 Å². The molecule has 1 aromatic rings. The fourth-order valence-electron chi connectivity index (χ4n) is 3.75. The Morgan fingerprint density at radius 3 is 2.61 bits per heavy atom. The van der Waals surface area contributed by atoms with E-state index in [0.717, 1.165) is 62.4 Å². The number of likely N-dealkylation sites (tertiary alicyclic amines) is 2. The molecule has 5 nitrogen and oxygen atoms in total. The van der Waals surface area contributed by atoms with Gasteiger partial charge in [-0.1, -0.05) is 0 Å². The topological polar surface area (TPSA) is 53.5 Å². The van der Waals surface area contributed by atoms with Gasteiger partial charge in [0.15, 0.2) is 0 Å². The third kappa shape index (κ3) is 3.71. The number of pyridine rings is 1. The summed E-state index contributed by atoms with van der Waals surface area (Å²) in [5.41, 5.74) is 2.49. The summed E-state index contributed by atoms with van der Waals surface area (Å²) in [6.07, 6.45) is 3.78. The van der Waals surface area contributed by atoms with E-state index in [1.54, 1.807) is 0 Å². The predicted molar refractivity (Wildman–Crippen MR) is 88.2 cm³/mol. The highest BCUT2D eigenvalue weighted by atomic mass is 16.2. The van der Waals surface area contributed by atoms with E-state index in [1.807, 2.05) is 35.8 Å². The van der Waals surface area contributed by atoms with E-state index in [4.69, 9.17) is 0 Å². The van der Waals surface area contributed by atoms with Crippen molar-refractivity contribution in [1.29, 1.82) is 0 Å². The molecule has 0 spiro atoms. The summed E-state index contributed by atoms with van der Waals surface area (Å²) in [7, 11) is 0. The normalized spacial score (nSPS) is 21.8. The first-order valence-corrected chi connectivity index (χ1v) is 8.55. The largest absolute Gasteiger partial charge is 0.342 e. The minimum Gasteiger partial charge on any atom is -0.342 e. The van der Waals surface area contributed by atoms with Gasteiger partial charge in [-0.2, -0.15) is 0 Å². The number of piperidine rings is 1. The van der Waals surface area contributed by atoms with Crippen LogP contribution in [-0.4, -0.2) is 52.8 Å². The molecule has 0 bridgehead atoms. The maximum Gasteiger partial charge on any atom is 0.253 e. The number of hydrogen-bond acceptors (Lipinski definition) is 3. The Morgan fingerprint density at radius 1 is 1.22 bits per heavy atom. The zero-order chi connectivity index (χ0) is 16.4. The van der Waals surface area contributed by atoms with Gasteiger partial charge in [0.05, 0.1) is 0 Å². The molecule has 0 aromatic carbocycles. The van der Waals surface area contributed by atoms with Crippen LogP contribution in [0, 0.1) is 19.8 Å². The van der Waals surface area contributed by atoms with E-state index in [1.165, 1.54) is 0 Å². The van der Waals surface area contributed by atoms with Crippen molar-refractivity contribution in [2.24, 2.45) is 5.92 Å². The lowest BCUT2D eigenvalue weighted by molar-refractivity contribution is -0.128. The highest BCUT2D eigenvalue weighted by molar-refractivity contribution is 5.94. The van der Waals surface area contributed by atoms with Crippen LogP contribution >= 0.6 is 0 Å². The average Bonchev–Trinajstić information content (AvgIpc) is 2.91. The van der Waals surface area contributed by atoms with Gasteiger partial charge in [0.25, 0.3) is 5.91 Å². The van der Waals surface area contributed by atoms with Crippen molar-refractivity contribution in [1.82, 2.24) is 14.8 Å². The Hall–Kier alpha value is -1.91. The van der Waals surface area contributed by atoms with Crippen molar-refractivity contribution >= 4 is 11.8 Å². The molecule has 2 amide bonds. The third-order valence-electron chi connectivity index (χ3n) is 4.78. The molecule has 0 N–H and O–H groups in total. The molecule has 1 unspecified atom stereocenters. The smallest absolute Gasteiger partial charge is 0.253 e. The standard InChI is InChI=1S/C18H25N3O2/c1-13-9-16(10-14(2)19-13)18(23)21-8-3-5-15(12-21)11-20-7-4-6-17(20)22/h9-10,15H,3-8,11-12H2,1-2H3. The SMILES string of the molecule is Cc1cc(C(=O)N2CCCC(CN3CCCC3=O)C2)cc(C)n1. The van der Waals surface area contributed by atoms with Crippen LogP contribution in [0.1, 0.15) is 47.4 Å². The number of amides is 2. The molecule has 23 heavy (non-hydrogen) atoms. The summed E-state index contributed by atoms with van der Waals surface area (Å²) in [5, 5.41) is 0. The number of nitrogens with zero attached hydrogens (tertiary/aromatic N) is 3. The molecule has 0 saturated carbocycles. The summed E-state index contributed by atoms with van der Waals surface area (Å²) in [6, 6.07) is 3.73. The molecule has 2 aliphatic heterocycles. The highest BCUT2D eigenvalue weighted by Crippen LogP contribution is 2.22. The second kappa shape index (κ2) is 6.69. The Balaban J connectivity index is 1.65. The molecule has 3 rings (SSSR count). The molecule has 5 heteroatoms. The molecule has 0 radical (unpaired) electrons. The van der Waals surface area contributed by atoms with Crippen molar-refractivity contribution in [3.8, 4) is 0 Å². The number of hydrogen-bond donors (Lipinski definition) is 0. The molecular weight excluding hydrogens is 290 g/mol. The minimum absolute atomic E-state index is 0.0936. The Morgan fingerprint density at radius 2 is 1.96 bits per heavy atom. The van der Waals surface area contributed by atoms with Crippen LogP contribution in [0.4, 0.5) is 0 Å². The fraction of sp³-hybridized carbons (Fsp3) is 0.611. The van der Waals surface area contributed by atoms with E-state index in [2.05, 4.69) is 4.98 Å². The summed E-state index contributed by atoms with van der Waals surface area (Å²) >= 11 is 0. The van der Waals surface area contributed by atoms with Gasteiger partial charge >= 0.3 is 0 Å². The summed E-state index contributed by atoms with van der Waals surface area (Å²) in [5.74, 6) is 0.767. The van der Waals surface area contributed by atoms with E-state index < -0.39 is 0 Å². The van der Waals surface area contributed by atoms with Crippen LogP contribution in [0.2, 0.25) is 0 Å². The Labute approximate surface area is 137 Å². The van der Waals surface area contributed by atoms with Gasteiger partial charge in [-0.3, -0.25) is 14.6 Å². The maximum atomic E-state index is 12.8. The molecule has 2 fully saturated rings. The maximum absolute atomic E-state index is 12.8. The van der Waals surface area contributed by atoms with Crippen LogP contribution in [0.3, 0.4) is 0 Å². The van der Waals surface area contributed by atoms with Gasteiger partial charge in [-0.25, -0.2) is 0 Å². The molecule has 2 saturated heterocycles. The molecule has 1 atom stereocenters. The zero-order valence-electron chi connectivity index (χ0n) is 14.0. The lowest BCUT2D eigenvalue weighted by Gasteiger charge is -2.34. The number of aryl methyl sites for hydroxylation is 2. The zero-order valence-corrected chi connectivity index (χ0v) is 14.0. The monoisotopic (exact) mass is 315 g/mol. The molecule has 1 aromatic heterocycles. The van der Waals surface area contributed by atoms with E-state index in [9.17, 15) is 9.59 Å². The lowest BCUT2D eigenvalue weighted by atomic mass is 9.96. The van der Waals surface area contributed by atoms with E-state index in [-0.39, 0.29) is 11.8 Å². The predicted octanol–water partition coefficient (Wildman–Crippen LogP) is 2.17. The van der Waals surface area contributed by atoms with E-state index in [0.29, 0.717) is 12.3 Å². The molecule has 0 aliphatic carbocycles. The molecule has 124 valence electrons. The molecular formula is C18H25N3O2. The van der Waals surface area contributed by atoms with Crippen LogP contribution in [0.5, 0.6) is 0 Å². The van der Waals surface area contributed by atoms with Crippen molar-refractivity contribution in [3.05, 3.63) is 29.1 Å². The van der Waals surface area contributed by atoms with Gasteiger partial charge in [0.1, 0.15) is 0 Å². The van der Waals surface area contributed by atoms with Gasteiger partial charge < -0.3 is 9.80 Å². The minimum atomic E-state index is 0.0936. The number of aromatic nitrogens is 1. The summed E-state index contributed by atoms with van der Waals surface area (Å²) < 4.78 is 0. The third-order valence-corrected chi connectivity index (χ3v) is 4.78. The number of carbonyl (C=O) groups excluding carboxylic acids is 2. The summed E-state index contributed by atoms with van der Waals surface area (Å²) in [6.45, 7) is 7.08. The number of carbonyl (C=O) groups is 2. The van der Waals surface area contributed by atoms with Gasteiger partial charge in [-0.05, 0) is 51.2 Å². The second-order valence-electron chi connectivity index (χ2n) is 6.84. The van der Waals surface area contributed by atoms with Gasteiger partial charge in [0.2, 0.25) is 5.91 Å². The van der Waals surface area contributed by atoms with Crippen molar-refractivity contribution in [3.63, 3.8) is 0 Å². The Kier molecular flexibility index (Phi) is 4.64. The second-order valence-corrected chi connectivity index (χ2v) is 6.84. The van der Waals surface area contributed by atoms with Crippen LogP contribution in [0.25, 0.3) is 0 Å². The van der Waals surface area contributed by atoms with Crippen LogP contribution in [-0.2, 0) is 4.79 Å². The van der Waals surface area contributed by atoms with Gasteiger partial charge in [0, 0.05) is 49.6 Å². The average molecular weight is 315 g/mol. The van der Waals surface area contributed by atoms with Crippen LogP contribution in [0.15, 0.2) is 12.1 Å². The highest BCUT2D eigenvalue weighted by Gasteiger charge is 2.29. The lowest BCUT2D eigenvalue weighted by Crippen LogP contribution is -2.44. The van der Waals surface area contributed by atoms with E-state index >= 15 is 0 Å². The fourth-order valence-corrected chi connectivity index (χ4v) is 3.75. The van der Waals surface area contributed by atoms with Crippen molar-refractivity contribution in [2.75, 3.05) is 26.2 Å². The number of rotatable bonds is 3. The molecule has 2 aliphatic rings. The first kappa shape index (κ1) is 16.0. The first-order chi connectivity index (χ1) is 11.0. The quantitative estimate of drug-likeness (QED) is 0.859. The molecule has 3 heterocycles.